The van der Waals surface area contributed by atoms with Crippen LogP contribution in [0.1, 0.15) is 19.3 Å². The van der Waals surface area contributed by atoms with E-state index in [0.717, 1.165) is 72.1 Å². The van der Waals surface area contributed by atoms with E-state index in [4.69, 9.17) is 4.74 Å². The van der Waals surface area contributed by atoms with Gasteiger partial charge in [0.15, 0.2) is 5.82 Å². The number of piperazine rings is 1. The molecular formula is C21H23N5O2S. The highest BCUT2D eigenvalue weighted by atomic mass is 32.1. The maximum Gasteiger partial charge on any atom is 0.225 e. The Morgan fingerprint density at radius 1 is 1.10 bits per heavy atom. The zero-order chi connectivity index (χ0) is 19.8. The van der Waals surface area contributed by atoms with Crippen molar-refractivity contribution in [2.75, 3.05) is 38.2 Å². The van der Waals surface area contributed by atoms with Crippen LogP contribution in [0.2, 0.25) is 0 Å². The number of aromatic nitrogens is 3. The maximum absolute atomic E-state index is 12.5. The average molecular weight is 410 g/mol. The van der Waals surface area contributed by atoms with Crippen molar-refractivity contribution in [1.29, 1.82) is 0 Å². The minimum absolute atomic E-state index is 0.265. The van der Waals surface area contributed by atoms with E-state index in [-0.39, 0.29) is 5.92 Å². The van der Waals surface area contributed by atoms with Crippen molar-refractivity contribution < 1.29 is 9.53 Å². The van der Waals surface area contributed by atoms with E-state index >= 15 is 0 Å². The van der Waals surface area contributed by atoms with Gasteiger partial charge in [-0.2, -0.15) is 4.37 Å². The summed E-state index contributed by atoms with van der Waals surface area (Å²) in [5.74, 6) is 2.34. The van der Waals surface area contributed by atoms with Crippen molar-refractivity contribution >= 4 is 33.5 Å². The Balaban J connectivity index is 1.37. The number of anilines is 1. The van der Waals surface area contributed by atoms with Crippen LogP contribution in [-0.4, -0.2) is 58.4 Å². The van der Waals surface area contributed by atoms with Gasteiger partial charge in [0, 0.05) is 37.7 Å². The molecule has 7 nitrogen and oxygen atoms in total. The molecule has 1 aromatic carbocycles. The molecule has 150 valence electrons. The lowest BCUT2D eigenvalue weighted by Crippen LogP contribution is -2.51. The minimum atomic E-state index is 0.265. The summed E-state index contributed by atoms with van der Waals surface area (Å²) in [5, 5.41) is 0. The molecule has 2 fully saturated rings. The molecule has 1 saturated carbocycles. The molecule has 0 N–H and O–H groups in total. The maximum atomic E-state index is 12.5. The molecule has 8 heteroatoms. The molecule has 0 bridgehead atoms. The monoisotopic (exact) mass is 409 g/mol. The Kier molecular flexibility index (Phi) is 4.79. The summed E-state index contributed by atoms with van der Waals surface area (Å²) < 4.78 is 10.9. The summed E-state index contributed by atoms with van der Waals surface area (Å²) >= 11 is 1.44. The van der Waals surface area contributed by atoms with Crippen LogP contribution in [0.15, 0.2) is 30.6 Å². The van der Waals surface area contributed by atoms with Gasteiger partial charge in [-0.1, -0.05) is 6.42 Å². The Hall–Kier alpha value is -2.74. The number of hydrogen-bond acceptors (Lipinski definition) is 7. The zero-order valence-corrected chi connectivity index (χ0v) is 17.2. The first-order valence-electron chi connectivity index (χ1n) is 10.0. The van der Waals surface area contributed by atoms with Gasteiger partial charge in [0.1, 0.15) is 28.0 Å². The molecule has 0 atom stereocenters. The van der Waals surface area contributed by atoms with Gasteiger partial charge in [0.05, 0.1) is 7.11 Å². The van der Waals surface area contributed by atoms with Crippen molar-refractivity contribution in [3.63, 3.8) is 0 Å². The lowest BCUT2D eigenvalue weighted by Gasteiger charge is -2.38. The number of nitrogens with zero attached hydrogens (tertiary/aromatic N) is 5. The van der Waals surface area contributed by atoms with Crippen LogP contribution in [0.3, 0.4) is 0 Å². The Labute approximate surface area is 173 Å². The summed E-state index contributed by atoms with van der Waals surface area (Å²) in [5.41, 5.74) is 2.76. The number of hydrogen-bond donors (Lipinski definition) is 0. The highest BCUT2D eigenvalue weighted by Crippen LogP contribution is 2.35. The molecule has 1 amide bonds. The summed E-state index contributed by atoms with van der Waals surface area (Å²) in [6.45, 7) is 3.09. The van der Waals surface area contributed by atoms with E-state index < -0.39 is 0 Å². The second-order valence-electron chi connectivity index (χ2n) is 7.57. The van der Waals surface area contributed by atoms with Crippen LogP contribution in [0.5, 0.6) is 5.75 Å². The van der Waals surface area contributed by atoms with Crippen molar-refractivity contribution in [1.82, 2.24) is 19.2 Å². The molecular weight excluding hydrogens is 386 g/mol. The van der Waals surface area contributed by atoms with Crippen LogP contribution in [0.4, 0.5) is 5.82 Å². The topological polar surface area (TPSA) is 71.5 Å². The third kappa shape index (κ3) is 3.31. The fourth-order valence-corrected chi connectivity index (χ4v) is 4.84. The zero-order valence-electron chi connectivity index (χ0n) is 16.4. The van der Waals surface area contributed by atoms with Crippen LogP contribution < -0.4 is 9.64 Å². The number of benzene rings is 1. The lowest BCUT2D eigenvalue weighted by molar-refractivity contribution is -0.138. The first-order chi connectivity index (χ1) is 14.2. The highest BCUT2D eigenvalue weighted by Gasteiger charge is 2.32. The number of ether oxygens (including phenoxy) is 1. The fraction of sp³-hybridized carbons (Fsp3) is 0.429. The molecule has 29 heavy (non-hydrogen) atoms. The molecule has 5 rings (SSSR count). The molecule has 0 radical (unpaired) electrons. The fourth-order valence-electron chi connectivity index (χ4n) is 3.97. The van der Waals surface area contributed by atoms with Crippen LogP contribution in [0, 0.1) is 5.92 Å². The summed E-state index contributed by atoms with van der Waals surface area (Å²) in [4.78, 5) is 25.9. The molecule has 1 saturated heterocycles. The highest BCUT2D eigenvalue weighted by molar-refractivity contribution is 7.14. The van der Waals surface area contributed by atoms with E-state index in [1.54, 1.807) is 13.4 Å². The Morgan fingerprint density at radius 2 is 1.86 bits per heavy atom. The second-order valence-corrected chi connectivity index (χ2v) is 8.35. The minimum Gasteiger partial charge on any atom is -0.497 e. The smallest absolute Gasteiger partial charge is 0.225 e. The number of fused-ring (bicyclic) bond motifs is 1. The number of methoxy groups -OCH3 is 1. The van der Waals surface area contributed by atoms with Crippen LogP contribution >= 0.6 is 11.5 Å². The molecule has 2 aromatic heterocycles. The van der Waals surface area contributed by atoms with E-state index in [1.165, 1.54) is 18.0 Å². The Bertz CT molecular complexity index is 1020. The third-order valence-corrected chi connectivity index (χ3v) is 6.78. The lowest BCUT2D eigenvalue weighted by atomic mass is 9.84. The summed E-state index contributed by atoms with van der Waals surface area (Å²) in [6.07, 6.45) is 4.92. The van der Waals surface area contributed by atoms with Gasteiger partial charge in [0.25, 0.3) is 0 Å². The van der Waals surface area contributed by atoms with Gasteiger partial charge in [0.2, 0.25) is 5.91 Å². The van der Waals surface area contributed by atoms with Gasteiger partial charge in [-0.15, -0.1) is 0 Å². The van der Waals surface area contributed by atoms with E-state index in [1.807, 2.05) is 29.2 Å². The first-order valence-corrected chi connectivity index (χ1v) is 10.8. The predicted octanol–water partition coefficient (Wildman–Crippen LogP) is 3.21. The summed E-state index contributed by atoms with van der Waals surface area (Å²) in [7, 11) is 1.66. The number of carbonyl (C=O) groups is 1. The van der Waals surface area contributed by atoms with Gasteiger partial charge < -0.3 is 14.5 Å². The molecule has 3 heterocycles. The van der Waals surface area contributed by atoms with Gasteiger partial charge in [-0.25, -0.2) is 9.97 Å². The summed E-state index contributed by atoms with van der Waals surface area (Å²) in [6, 6.07) is 7.86. The van der Waals surface area contributed by atoms with E-state index in [2.05, 4.69) is 19.2 Å². The van der Waals surface area contributed by atoms with Crippen LogP contribution in [-0.2, 0) is 4.79 Å². The number of amides is 1. The van der Waals surface area contributed by atoms with Crippen molar-refractivity contribution in [2.45, 2.75) is 19.3 Å². The number of carbonyl (C=O) groups excluding carboxylic acids is 1. The predicted molar refractivity (Wildman–Crippen MR) is 113 cm³/mol. The first kappa shape index (κ1) is 18.3. The van der Waals surface area contributed by atoms with Crippen LogP contribution in [0.25, 0.3) is 21.5 Å². The number of rotatable bonds is 4. The van der Waals surface area contributed by atoms with Crippen molar-refractivity contribution in [3.8, 4) is 17.0 Å². The van der Waals surface area contributed by atoms with Gasteiger partial charge in [-0.05, 0) is 48.6 Å². The molecule has 0 unspecified atom stereocenters. The molecule has 2 aliphatic rings. The third-order valence-electron chi connectivity index (χ3n) is 5.95. The average Bonchev–Trinajstić information content (AvgIpc) is 3.17. The molecule has 3 aromatic rings. The quantitative estimate of drug-likeness (QED) is 0.659. The van der Waals surface area contributed by atoms with Crippen molar-refractivity contribution in [2.24, 2.45) is 5.92 Å². The SMILES string of the molecule is COc1ccc(-c2nsc3c(N4CCN(C(=O)C5CCC5)CC4)ncnc23)cc1. The Morgan fingerprint density at radius 3 is 2.52 bits per heavy atom. The van der Waals surface area contributed by atoms with Gasteiger partial charge in [-0.3, -0.25) is 4.79 Å². The van der Waals surface area contributed by atoms with E-state index in [0.29, 0.717) is 5.91 Å². The second kappa shape index (κ2) is 7.59. The standard InChI is InChI=1S/C21H23N5O2S/c1-28-16-7-5-14(6-8-16)17-18-19(29-24-17)20(23-13-22-18)25-9-11-26(12-10-25)21(27)15-3-2-4-15/h5-8,13,15H,2-4,9-12H2,1H3. The molecule has 1 aliphatic carbocycles. The largest absolute Gasteiger partial charge is 0.497 e. The van der Waals surface area contributed by atoms with E-state index in [9.17, 15) is 4.79 Å². The molecule has 1 aliphatic heterocycles. The normalized spacial score (nSPS) is 17.4. The van der Waals surface area contributed by atoms with Crippen molar-refractivity contribution in [3.05, 3.63) is 30.6 Å². The molecule has 0 spiro atoms. The van der Waals surface area contributed by atoms with Gasteiger partial charge >= 0.3 is 0 Å².